The number of methoxy groups -OCH3 is 1. The van der Waals surface area contributed by atoms with Crippen molar-refractivity contribution < 1.29 is 9.53 Å². The molecule has 3 heteroatoms. The molecule has 0 amide bonds. The first-order valence-corrected chi connectivity index (χ1v) is 4.80. The molecule has 0 bridgehead atoms. The molecule has 0 aliphatic rings. The molecule has 0 fully saturated rings. The van der Waals surface area contributed by atoms with Crippen molar-refractivity contribution in [3.63, 3.8) is 0 Å². The maximum absolute atomic E-state index is 11.3. The summed E-state index contributed by atoms with van der Waals surface area (Å²) in [4.78, 5) is 11.3. The first kappa shape index (κ1) is 12.4. The van der Waals surface area contributed by atoms with Gasteiger partial charge in [0.2, 0.25) is 0 Å². The van der Waals surface area contributed by atoms with E-state index in [1.54, 1.807) is 0 Å². The molecule has 0 aromatic heterocycles. The second-order valence-electron chi connectivity index (χ2n) is 4.05. The average Bonchev–Trinajstić information content (AvgIpc) is 2.03. The lowest BCUT2D eigenvalue weighted by atomic mass is 10.0. The Balaban J connectivity index is 4.03. The zero-order chi connectivity index (χ0) is 10.4. The second kappa shape index (κ2) is 5.97. The van der Waals surface area contributed by atoms with Gasteiger partial charge in [-0.2, -0.15) is 0 Å². The fourth-order valence-electron chi connectivity index (χ4n) is 1.08. The van der Waals surface area contributed by atoms with Gasteiger partial charge in [-0.1, -0.05) is 27.7 Å². The van der Waals surface area contributed by atoms with Crippen molar-refractivity contribution >= 4 is 5.97 Å². The first-order valence-electron chi connectivity index (χ1n) is 4.80. The van der Waals surface area contributed by atoms with Gasteiger partial charge in [-0.15, -0.1) is 0 Å². The van der Waals surface area contributed by atoms with E-state index >= 15 is 0 Å². The van der Waals surface area contributed by atoms with Gasteiger partial charge in [-0.25, -0.2) is 0 Å². The average molecular weight is 187 g/mol. The van der Waals surface area contributed by atoms with Gasteiger partial charge in [0.15, 0.2) is 0 Å². The number of esters is 1. The minimum absolute atomic E-state index is 0.171. The van der Waals surface area contributed by atoms with Gasteiger partial charge < -0.3 is 10.1 Å². The summed E-state index contributed by atoms with van der Waals surface area (Å²) in [7, 11) is 1.43. The molecular weight excluding hydrogens is 166 g/mol. The van der Waals surface area contributed by atoms with Gasteiger partial charge >= 0.3 is 5.97 Å². The van der Waals surface area contributed by atoms with E-state index in [1.807, 2.05) is 13.8 Å². The molecule has 0 radical (unpaired) electrons. The Morgan fingerprint density at radius 2 is 1.85 bits per heavy atom. The van der Waals surface area contributed by atoms with Crippen molar-refractivity contribution in [2.45, 2.75) is 33.7 Å². The quantitative estimate of drug-likeness (QED) is 0.662. The molecule has 0 saturated heterocycles. The normalized spacial score (nSPS) is 13.5. The molecule has 0 rings (SSSR count). The van der Waals surface area contributed by atoms with Crippen LogP contribution in [-0.4, -0.2) is 25.7 Å². The Morgan fingerprint density at radius 1 is 1.31 bits per heavy atom. The fraction of sp³-hybridized carbons (Fsp3) is 0.900. The summed E-state index contributed by atoms with van der Waals surface area (Å²) in [5.41, 5.74) is 0. The van der Waals surface area contributed by atoms with Crippen LogP contribution in [0.25, 0.3) is 0 Å². The smallest absolute Gasteiger partial charge is 0.323 e. The Morgan fingerprint density at radius 3 is 2.15 bits per heavy atom. The lowest BCUT2D eigenvalue weighted by Gasteiger charge is -2.20. The molecule has 0 spiro atoms. The molecule has 0 aliphatic carbocycles. The summed E-state index contributed by atoms with van der Waals surface area (Å²) < 4.78 is 4.70. The lowest BCUT2D eigenvalue weighted by molar-refractivity contribution is -0.144. The van der Waals surface area contributed by atoms with E-state index < -0.39 is 0 Å². The van der Waals surface area contributed by atoms with Crippen molar-refractivity contribution in [2.24, 2.45) is 11.8 Å². The molecule has 0 saturated carbocycles. The molecular formula is C10H21NO2. The summed E-state index contributed by atoms with van der Waals surface area (Å²) in [6.45, 7) is 9.09. The molecule has 0 aliphatic heterocycles. The number of hydrogen-bond acceptors (Lipinski definition) is 3. The van der Waals surface area contributed by atoms with E-state index in [-0.39, 0.29) is 17.9 Å². The van der Waals surface area contributed by atoms with Crippen LogP contribution >= 0.6 is 0 Å². The van der Waals surface area contributed by atoms with Crippen LogP contribution in [0.1, 0.15) is 27.7 Å². The third kappa shape index (κ3) is 4.88. The van der Waals surface area contributed by atoms with Crippen molar-refractivity contribution in [1.29, 1.82) is 0 Å². The van der Waals surface area contributed by atoms with Gasteiger partial charge in [0, 0.05) is 0 Å². The van der Waals surface area contributed by atoms with Crippen LogP contribution in [-0.2, 0) is 9.53 Å². The van der Waals surface area contributed by atoms with E-state index in [2.05, 4.69) is 19.2 Å². The highest BCUT2D eigenvalue weighted by Gasteiger charge is 2.21. The predicted octanol–water partition coefficient (Wildman–Crippen LogP) is 1.43. The summed E-state index contributed by atoms with van der Waals surface area (Å²) in [6.07, 6.45) is 0. The minimum atomic E-state index is -0.174. The van der Waals surface area contributed by atoms with Crippen LogP contribution in [0.4, 0.5) is 0 Å². The molecule has 1 atom stereocenters. The summed E-state index contributed by atoms with van der Waals surface area (Å²) in [5.74, 6) is 0.646. The maximum atomic E-state index is 11.3. The Hall–Kier alpha value is -0.570. The van der Waals surface area contributed by atoms with Gasteiger partial charge in [0.25, 0.3) is 0 Å². The second-order valence-corrected chi connectivity index (χ2v) is 4.05. The van der Waals surface area contributed by atoms with E-state index in [1.165, 1.54) is 7.11 Å². The number of rotatable bonds is 5. The van der Waals surface area contributed by atoms with Crippen LogP contribution in [0.15, 0.2) is 0 Å². The number of ether oxygens (including phenoxy) is 1. The van der Waals surface area contributed by atoms with E-state index in [0.29, 0.717) is 5.92 Å². The molecule has 0 heterocycles. The highest BCUT2D eigenvalue weighted by atomic mass is 16.5. The van der Waals surface area contributed by atoms with Gasteiger partial charge in [0.05, 0.1) is 7.11 Å². The summed E-state index contributed by atoms with van der Waals surface area (Å²) >= 11 is 0. The van der Waals surface area contributed by atoms with Crippen LogP contribution in [0, 0.1) is 11.8 Å². The monoisotopic (exact) mass is 187 g/mol. The van der Waals surface area contributed by atoms with E-state index in [0.717, 1.165) is 6.54 Å². The van der Waals surface area contributed by atoms with Gasteiger partial charge in [-0.05, 0) is 18.4 Å². The Bertz CT molecular complexity index is 155. The Labute approximate surface area is 80.8 Å². The predicted molar refractivity (Wildman–Crippen MR) is 53.5 cm³/mol. The summed E-state index contributed by atoms with van der Waals surface area (Å²) in [5, 5.41) is 3.19. The first-order chi connectivity index (χ1) is 5.99. The molecule has 0 aromatic carbocycles. The third-order valence-corrected chi connectivity index (χ3v) is 1.87. The third-order valence-electron chi connectivity index (χ3n) is 1.87. The standard InChI is InChI=1S/C10H21NO2/c1-7(2)6-11-9(8(3)4)10(12)13-5/h7-9,11H,6H2,1-5H3/t9-/m0/s1. The highest BCUT2D eigenvalue weighted by molar-refractivity contribution is 5.75. The van der Waals surface area contributed by atoms with E-state index in [4.69, 9.17) is 4.74 Å². The van der Waals surface area contributed by atoms with Gasteiger partial charge in [0.1, 0.15) is 6.04 Å². The number of carbonyl (C=O) groups excluding carboxylic acids is 1. The zero-order valence-corrected chi connectivity index (χ0v) is 9.26. The Kier molecular flexibility index (Phi) is 5.71. The topological polar surface area (TPSA) is 38.3 Å². The van der Waals surface area contributed by atoms with Crippen LogP contribution < -0.4 is 5.32 Å². The van der Waals surface area contributed by atoms with Crippen LogP contribution in [0.3, 0.4) is 0 Å². The van der Waals surface area contributed by atoms with Crippen molar-refractivity contribution in [1.82, 2.24) is 5.32 Å². The van der Waals surface area contributed by atoms with Gasteiger partial charge in [-0.3, -0.25) is 4.79 Å². The highest BCUT2D eigenvalue weighted by Crippen LogP contribution is 2.04. The lowest BCUT2D eigenvalue weighted by Crippen LogP contribution is -2.43. The molecule has 13 heavy (non-hydrogen) atoms. The molecule has 0 unspecified atom stereocenters. The zero-order valence-electron chi connectivity index (χ0n) is 9.26. The van der Waals surface area contributed by atoms with Crippen LogP contribution in [0.5, 0.6) is 0 Å². The number of nitrogens with one attached hydrogen (secondary N) is 1. The molecule has 0 aromatic rings. The maximum Gasteiger partial charge on any atom is 0.323 e. The number of carbonyl (C=O) groups is 1. The molecule has 3 nitrogen and oxygen atoms in total. The molecule has 1 N–H and O–H groups in total. The fourth-order valence-corrected chi connectivity index (χ4v) is 1.08. The van der Waals surface area contributed by atoms with Crippen molar-refractivity contribution in [3.8, 4) is 0 Å². The SMILES string of the molecule is COC(=O)[C@@H](NCC(C)C)C(C)C. The van der Waals surface area contributed by atoms with Crippen molar-refractivity contribution in [2.75, 3.05) is 13.7 Å². The molecule has 78 valence electrons. The van der Waals surface area contributed by atoms with Crippen molar-refractivity contribution in [3.05, 3.63) is 0 Å². The van der Waals surface area contributed by atoms with E-state index in [9.17, 15) is 4.79 Å². The summed E-state index contributed by atoms with van der Waals surface area (Å²) in [6, 6.07) is -0.174. The minimum Gasteiger partial charge on any atom is -0.468 e. The number of hydrogen-bond donors (Lipinski definition) is 1. The van der Waals surface area contributed by atoms with Crippen LogP contribution in [0.2, 0.25) is 0 Å². The largest absolute Gasteiger partial charge is 0.468 e.